The number of sulfonamides is 1. The van der Waals surface area contributed by atoms with E-state index in [1.807, 2.05) is 25.2 Å². The van der Waals surface area contributed by atoms with Crippen molar-refractivity contribution in [3.63, 3.8) is 0 Å². The smallest absolute Gasteiger partial charge is 0.416 e. The van der Waals surface area contributed by atoms with Gasteiger partial charge in [-0.1, -0.05) is 24.3 Å². The maximum atomic E-state index is 13.2. The van der Waals surface area contributed by atoms with E-state index in [4.69, 9.17) is 4.74 Å². The highest BCUT2D eigenvalue weighted by Crippen LogP contribution is 2.42. The zero-order valence-electron chi connectivity index (χ0n) is 20.0. The number of alkyl halides is 3. The van der Waals surface area contributed by atoms with Gasteiger partial charge in [0.05, 0.1) is 11.8 Å². The van der Waals surface area contributed by atoms with Crippen LogP contribution in [0.15, 0.2) is 59.8 Å². The monoisotopic (exact) mass is 522 g/mol. The van der Waals surface area contributed by atoms with Crippen LogP contribution >= 0.6 is 0 Å². The maximum Gasteiger partial charge on any atom is 0.416 e. The van der Waals surface area contributed by atoms with Crippen LogP contribution in [-0.2, 0) is 36.1 Å². The highest BCUT2D eigenvalue weighted by Gasteiger charge is 2.34. The molecule has 2 unspecified atom stereocenters. The third-order valence-electron chi connectivity index (χ3n) is 6.40. The normalized spacial score (nSPS) is 17.8. The van der Waals surface area contributed by atoms with E-state index in [1.165, 1.54) is 29.2 Å². The highest BCUT2D eigenvalue weighted by atomic mass is 32.2. The largest absolute Gasteiger partial charge is 0.492 e. The number of aryl methyl sites for hydroxylation is 1. The molecule has 36 heavy (non-hydrogen) atoms. The van der Waals surface area contributed by atoms with Gasteiger partial charge in [0.15, 0.2) is 0 Å². The van der Waals surface area contributed by atoms with Gasteiger partial charge in [-0.05, 0) is 73.2 Å². The van der Waals surface area contributed by atoms with Crippen LogP contribution in [-0.4, -0.2) is 44.9 Å². The van der Waals surface area contributed by atoms with Crippen molar-refractivity contribution in [1.82, 2.24) is 19.8 Å². The Labute approximate surface area is 208 Å². The Morgan fingerprint density at radius 2 is 2.00 bits per heavy atom. The summed E-state index contributed by atoms with van der Waals surface area (Å²) in [6.07, 6.45) is -0.387. The topological polar surface area (TPSA) is 85.2 Å². The lowest BCUT2D eigenvalue weighted by atomic mass is 9.86. The van der Waals surface area contributed by atoms with Gasteiger partial charge in [0.2, 0.25) is 10.0 Å². The Kier molecular flexibility index (Phi) is 7.72. The van der Waals surface area contributed by atoms with Crippen LogP contribution in [0.3, 0.4) is 0 Å². The van der Waals surface area contributed by atoms with Crippen LogP contribution in [0.2, 0.25) is 0 Å². The van der Waals surface area contributed by atoms with Crippen molar-refractivity contribution in [3.05, 3.63) is 77.1 Å². The fraction of sp³-hybridized carbons (Fsp3) is 0.400. The molecule has 0 bridgehead atoms. The fourth-order valence-corrected chi connectivity index (χ4v) is 5.72. The molecule has 0 saturated carbocycles. The lowest BCUT2D eigenvalue weighted by Crippen LogP contribution is -2.28. The lowest BCUT2D eigenvalue weighted by Gasteiger charge is -2.21. The first-order chi connectivity index (χ1) is 17.1. The molecule has 3 aromatic rings. The van der Waals surface area contributed by atoms with Gasteiger partial charge in [-0.15, -0.1) is 0 Å². The number of hydrogen-bond acceptors (Lipinski definition) is 5. The Morgan fingerprint density at radius 1 is 1.19 bits per heavy atom. The molecule has 2 atom stereocenters. The Morgan fingerprint density at radius 3 is 2.69 bits per heavy atom. The van der Waals surface area contributed by atoms with Crippen molar-refractivity contribution >= 4 is 10.0 Å². The number of nitrogens with one attached hydrogen (secondary N) is 2. The molecule has 2 aromatic carbocycles. The van der Waals surface area contributed by atoms with Gasteiger partial charge in [-0.3, -0.25) is 4.68 Å². The van der Waals surface area contributed by atoms with Gasteiger partial charge in [0.25, 0.3) is 0 Å². The Bertz CT molecular complexity index is 1310. The number of halogens is 3. The van der Waals surface area contributed by atoms with Crippen molar-refractivity contribution in [3.8, 4) is 5.75 Å². The van der Waals surface area contributed by atoms with Crippen molar-refractivity contribution in [2.75, 3.05) is 26.7 Å². The van der Waals surface area contributed by atoms with Gasteiger partial charge in [0, 0.05) is 19.8 Å². The number of fused-ring (bicyclic) bond motifs is 1. The number of ether oxygens (including phenoxy) is 1. The first kappa shape index (κ1) is 26.2. The quantitative estimate of drug-likeness (QED) is 0.398. The molecule has 1 aromatic heterocycles. The summed E-state index contributed by atoms with van der Waals surface area (Å²) >= 11 is 0. The van der Waals surface area contributed by atoms with Crippen LogP contribution < -0.4 is 14.8 Å². The standard InChI is InChI=1S/C25H29F3N4O3S/c1-29-14-19-12-18-6-7-21(35-9-8-31-36(33,34)22-15-30-32(2)16-22)13-24(18)23(19)11-17-4-3-5-20(10-17)25(26,27)28/h3-7,10,13,15-16,19,23,29,31H,8-9,11-12,14H2,1-2H3. The van der Waals surface area contributed by atoms with Crippen LogP contribution in [0.5, 0.6) is 5.75 Å². The molecule has 0 radical (unpaired) electrons. The first-order valence-electron chi connectivity index (χ1n) is 11.6. The van der Waals surface area contributed by atoms with Crippen LogP contribution in [0.4, 0.5) is 13.2 Å². The average molecular weight is 523 g/mol. The minimum absolute atomic E-state index is 0.0311. The Hall–Kier alpha value is -2.89. The van der Waals surface area contributed by atoms with Crippen LogP contribution in [0.25, 0.3) is 0 Å². The highest BCUT2D eigenvalue weighted by molar-refractivity contribution is 7.89. The summed E-state index contributed by atoms with van der Waals surface area (Å²) in [6, 6.07) is 11.3. The summed E-state index contributed by atoms with van der Waals surface area (Å²) in [5.41, 5.74) is 2.20. The predicted molar refractivity (Wildman–Crippen MR) is 129 cm³/mol. The summed E-state index contributed by atoms with van der Waals surface area (Å²) in [5, 5.41) is 7.07. The summed E-state index contributed by atoms with van der Waals surface area (Å²) in [5.74, 6) is 0.859. The van der Waals surface area contributed by atoms with Gasteiger partial charge in [0.1, 0.15) is 17.3 Å². The predicted octanol–water partition coefficient (Wildman–Crippen LogP) is 3.51. The molecule has 0 spiro atoms. The number of benzene rings is 2. The zero-order valence-corrected chi connectivity index (χ0v) is 20.9. The molecule has 1 heterocycles. The summed E-state index contributed by atoms with van der Waals surface area (Å²) < 4.78 is 74.0. The van der Waals surface area contributed by atoms with Crippen molar-refractivity contribution < 1.29 is 26.3 Å². The zero-order chi connectivity index (χ0) is 25.9. The number of nitrogens with zero attached hydrogens (tertiary/aromatic N) is 2. The Balaban J connectivity index is 1.45. The van der Waals surface area contributed by atoms with Crippen molar-refractivity contribution in [2.24, 2.45) is 13.0 Å². The van der Waals surface area contributed by atoms with Gasteiger partial charge < -0.3 is 10.1 Å². The third kappa shape index (κ3) is 6.08. The molecule has 1 aliphatic carbocycles. The van der Waals surface area contributed by atoms with E-state index in [0.717, 1.165) is 30.2 Å². The van der Waals surface area contributed by atoms with Crippen molar-refractivity contribution in [2.45, 2.75) is 29.8 Å². The maximum absolute atomic E-state index is 13.2. The molecule has 11 heteroatoms. The minimum atomic E-state index is -4.38. The van der Waals surface area contributed by atoms with E-state index in [1.54, 1.807) is 13.1 Å². The molecule has 0 aliphatic heterocycles. The molecule has 0 amide bonds. The van der Waals surface area contributed by atoms with Gasteiger partial charge in [-0.2, -0.15) is 18.3 Å². The summed E-state index contributed by atoms with van der Waals surface area (Å²) in [6.45, 7) is 0.936. The second kappa shape index (κ2) is 10.6. The molecule has 7 nitrogen and oxygen atoms in total. The van der Waals surface area contributed by atoms with Gasteiger partial charge in [-0.25, -0.2) is 13.1 Å². The van der Waals surface area contributed by atoms with E-state index in [0.29, 0.717) is 17.7 Å². The average Bonchev–Trinajstić information content (AvgIpc) is 3.41. The summed E-state index contributed by atoms with van der Waals surface area (Å²) in [4.78, 5) is 0.0792. The molecule has 1 aliphatic rings. The second-order valence-electron chi connectivity index (χ2n) is 8.99. The number of rotatable bonds is 10. The van der Waals surface area contributed by atoms with Crippen LogP contribution in [0, 0.1) is 5.92 Å². The van der Waals surface area contributed by atoms with Crippen LogP contribution in [0.1, 0.15) is 28.2 Å². The van der Waals surface area contributed by atoms with Gasteiger partial charge >= 0.3 is 6.18 Å². The molecule has 0 fully saturated rings. The third-order valence-corrected chi connectivity index (χ3v) is 7.81. The lowest BCUT2D eigenvalue weighted by molar-refractivity contribution is -0.137. The number of hydrogen-bond donors (Lipinski definition) is 2. The van der Waals surface area contributed by atoms with E-state index in [9.17, 15) is 21.6 Å². The first-order valence-corrected chi connectivity index (χ1v) is 13.1. The molecule has 194 valence electrons. The second-order valence-corrected chi connectivity index (χ2v) is 10.8. The molecular weight excluding hydrogens is 493 g/mol. The fourth-order valence-electron chi connectivity index (χ4n) is 4.72. The van der Waals surface area contributed by atoms with E-state index in [-0.39, 0.29) is 29.9 Å². The molecular formula is C25H29F3N4O3S. The van der Waals surface area contributed by atoms with E-state index in [2.05, 4.69) is 15.1 Å². The van der Waals surface area contributed by atoms with Crippen molar-refractivity contribution in [1.29, 1.82) is 0 Å². The summed E-state index contributed by atoms with van der Waals surface area (Å²) in [7, 11) is -0.172. The van der Waals surface area contributed by atoms with E-state index < -0.39 is 21.8 Å². The number of aromatic nitrogens is 2. The van der Waals surface area contributed by atoms with E-state index >= 15 is 0 Å². The SMILES string of the molecule is CNCC1Cc2ccc(OCCNS(=O)(=O)c3cnn(C)c3)cc2C1Cc1cccc(C(F)(F)F)c1. The molecule has 4 rings (SSSR count). The molecule has 2 N–H and O–H groups in total. The minimum Gasteiger partial charge on any atom is -0.492 e. The molecule has 0 saturated heterocycles.